The normalized spacial score (nSPS) is 15.1. The highest BCUT2D eigenvalue weighted by Crippen LogP contribution is 2.41. The molecule has 0 unspecified atom stereocenters. The molecule has 0 saturated carbocycles. The summed E-state index contributed by atoms with van der Waals surface area (Å²) in [6, 6.07) is 8.08. The van der Waals surface area contributed by atoms with Gasteiger partial charge in [-0.2, -0.15) is 9.40 Å². The van der Waals surface area contributed by atoms with Crippen LogP contribution in [0.15, 0.2) is 29.2 Å². The van der Waals surface area contributed by atoms with E-state index in [2.05, 4.69) is 16.3 Å². The number of sulfonamides is 1. The molecular formula is C20H23N3O2S2. The zero-order valence-electron chi connectivity index (χ0n) is 16.0. The smallest absolute Gasteiger partial charge is 0.245 e. The van der Waals surface area contributed by atoms with Crippen molar-refractivity contribution < 1.29 is 8.42 Å². The van der Waals surface area contributed by atoms with Crippen LogP contribution in [0.1, 0.15) is 32.1 Å². The van der Waals surface area contributed by atoms with Crippen LogP contribution in [0.2, 0.25) is 0 Å². The minimum atomic E-state index is -3.61. The average molecular weight is 402 g/mol. The number of rotatable bonds is 3. The van der Waals surface area contributed by atoms with E-state index in [0.717, 1.165) is 44.3 Å². The van der Waals surface area contributed by atoms with Crippen molar-refractivity contribution in [1.82, 2.24) is 14.5 Å². The molecule has 0 amide bonds. The van der Waals surface area contributed by atoms with E-state index in [-0.39, 0.29) is 0 Å². The van der Waals surface area contributed by atoms with Crippen LogP contribution in [0.3, 0.4) is 0 Å². The van der Waals surface area contributed by atoms with Gasteiger partial charge in [-0.05, 0) is 50.8 Å². The highest BCUT2D eigenvalue weighted by Gasteiger charge is 2.34. The molecule has 0 aliphatic carbocycles. The van der Waals surface area contributed by atoms with Crippen molar-refractivity contribution >= 4 is 21.4 Å². The van der Waals surface area contributed by atoms with Gasteiger partial charge in [-0.1, -0.05) is 24.3 Å². The molecule has 0 saturated heterocycles. The fraction of sp³-hybridized carbons (Fsp3) is 0.350. The molecule has 5 nitrogen and oxygen atoms in total. The predicted molar refractivity (Wildman–Crippen MR) is 109 cm³/mol. The first-order valence-electron chi connectivity index (χ1n) is 8.99. The number of aromatic nitrogens is 2. The Morgan fingerprint density at radius 2 is 1.78 bits per heavy atom. The van der Waals surface area contributed by atoms with E-state index >= 15 is 0 Å². The molecule has 1 aliphatic rings. The molecule has 0 bridgehead atoms. The Kier molecular flexibility index (Phi) is 4.49. The van der Waals surface area contributed by atoms with E-state index in [0.29, 0.717) is 18.0 Å². The van der Waals surface area contributed by atoms with Crippen molar-refractivity contribution in [3.63, 3.8) is 0 Å². The van der Waals surface area contributed by atoms with Gasteiger partial charge in [0.15, 0.2) is 0 Å². The van der Waals surface area contributed by atoms with Crippen LogP contribution in [-0.2, 0) is 23.0 Å². The molecule has 2 aromatic heterocycles. The lowest BCUT2D eigenvalue weighted by atomic mass is 10.0. The molecule has 3 heterocycles. The number of fused-ring (bicyclic) bond motifs is 1. The first-order valence-corrected chi connectivity index (χ1v) is 11.2. The Balaban J connectivity index is 1.83. The van der Waals surface area contributed by atoms with Crippen molar-refractivity contribution in [3.8, 4) is 11.3 Å². The number of hydrogen-bond donors (Lipinski definition) is 1. The number of H-pyrrole nitrogens is 1. The Bertz CT molecular complexity index is 1130. The average Bonchev–Trinajstić information content (AvgIpc) is 3.13. The molecule has 4 rings (SSSR count). The summed E-state index contributed by atoms with van der Waals surface area (Å²) in [5.41, 5.74) is 5.77. The van der Waals surface area contributed by atoms with Crippen molar-refractivity contribution in [2.24, 2.45) is 0 Å². The van der Waals surface area contributed by atoms with Gasteiger partial charge in [-0.15, -0.1) is 11.3 Å². The second kappa shape index (κ2) is 6.58. The largest absolute Gasteiger partial charge is 0.282 e. The summed E-state index contributed by atoms with van der Waals surface area (Å²) in [4.78, 5) is 2.22. The molecule has 142 valence electrons. The molecule has 1 aliphatic heterocycles. The van der Waals surface area contributed by atoms with Crippen LogP contribution in [-0.4, -0.2) is 29.5 Å². The van der Waals surface area contributed by atoms with Crippen molar-refractivity contribution in [1.29, 1.82) is 0 Å². The van der Waals surface area contributed by atoms with Gasteiger partial charge in [0.25, 0.3) is 0 Å². The van der Waals surface area contributed by atoms with Gasteiger partial charge in [0.05, 0.1) is 5.69 Å². The summed E-state index contributed by atoms with van der Waals surface area (Å²) in [6.45, 7) is 8.72. The van der Waals surface area contributed by atoms with Gasteiger partial charge in [-0.25, -0.2) is 8.42 Å². The molecule has 3 aromatic rings. The standard InChI is InChI=1S/C20H23N3O2S2/c1-12-13(2)21-22-19(12)18-14(3)26-15(4)20(18)27(24,25)23-10-9-16-7-5-6-8-17(16)11-23/h5-8H,9-11H2,1-4H3,(H,21,22). The maximum absolute atomic E-state index is 13.6. The van der Waals surface area contributed by atoms with Crippen LogP contribution in [0.4, 0.5) is 0 Å². The molecule has 7 heteroatoms. The highest BCUT2D eigenvalue weighted by molar-refractivity contribution is 7.89. The maximum Gasteiger partial charge on any atom is 0.245 e. The minimum Gasteiger partial charge on any atom is -0.282 e. The van der Waals surface area contributed by atoms with Crippen molar-refractivity contribution in [3.05, 3.63) is 56.4 Å². The van der Waals surface area contributed by atoms with E-state index < -0.39 is 10.0 Å². The quantitative estimate of drug-likeness (QED) is 0.718. The van der Waals surface area contributed by atoms with Crippen LogP contribution in [0.25, 0.3) is 11.3 Å². The second-order valence-corrected chi connectivity index (χ2v) is 10.4. The number of benzene rings is 1. The molecule has 27 heavy (non-hydrogen) atoms. The van der Waals surface area contributed by atoms with Crippen molar-refractivity contribution in [2.45, 2.75) is 45.6 Å². The van der Waals surface area contributed by atoms with E-state index in [1.54, 1.807) is 4.31 Å². The zero-order valence-corrected chi connectivity index (χ0v) is 17.6. The Hall–Kier alpha value is -1.96. The Morgan fingerprint density at radius 3 is 2.44 bits per heavy atom. The van der Waals surface area contributed by atoms with Crippen LogP contribution >= 0.6 is 11.3 Å². The lowest BCUT2D eigenvalue weighted by Crippen LogP contribution is -2.36. The molecule has 1 N–H and O–H groups in total. The SMILES string of the molecule is Cc1[nH]nc(-c2c(C)sc(C)c2S(=O)(=O)N2CCc3ccccc3C2)c1C. The minimum absolute atomic E-state index is 0.416. The third-order valence-corrected chi connectivity index (χ3v) is 8.56. The Labute approximate surface area is 164 Å². The summed E-state index contributed by atoms with van der Waals surface area (Å²) in [7, 11) is -3.61. The third-order valence-electron chi connectivity index (χ3n) is 5.39. The van der Waals surface area contributed by atoms with Gasteiger partial charge in [-0.3, -0.25) is 5.10 Å². The maximum atomic E-state index is 13.6. The molecule has 0 fully saturated rings. The number of nitrogens with zero attached hydrogens (tertiary/aromatic N) is 2. The van der Waals surface area contributed by atoms with Crippen molar-refractivity contribution in [2.75, 3.05) is 6.54 Å². The topological polar surface area (TPSA) is 66.1 Å². The van der Waals surface area contributed by atoms with Gasteiger partial charge < -0.3 is 0 Å². The van der Waals surface area contributed by atoms with Gasteiger partial charge in [0.2, 0.25) is 10.0 Å². The summed E-state index contributed by atoms with van der Waals surface area (Å²) in [5.74, 6) is 0. The number of hydrogen-bond acceptors (Lipinski definition) is 4. The number of aromatic amines is 1. The fourth-order valence-electron chi connectivity index (χ4n) is 3.78. The first-order chi connectivity index (χ1) is 12.8. The van der Waals surface area contributed by atoms with E-state index in [1.165, 1.54) is 16.9 Å². The lowest BCUT2D eigenvalue weighted by molar-refractivity contribution is 0.391. The zero-order chi connectivity index (χ0) is 19.3. The van der Waals surface area contributed by atoms with E-state index in [9.17, 15) is 8.42 Å². The van der Waals surface area contributed by atoms with Crippen LogP contribution < -0.4 is 0 Å². The number of aryl methyl sites for hydroxylation is 3. The molecule has 0 radical (unpaired) electrons. The number of thiophene rings is 1. The highest BCUT2D eigenvalue weighted by atomic mass is 32.2. The predicted octanol–water partition coefficient (Wildman–Crippen LogP) is 4.12. The fourth-order valence-corrected chi connectivity index (χ4v) is 7.01. The van der Waals surface area contributed by atoms with E-state index in [1.807, 2.05) is 45.9 Å². The summed E-state index contributed by atoms with van der Waals surface area (Å²) in [6.07, 6.45) is 0.743. The van der Waals surface area contributed by atoms with Crippen LogP contribution in [0, 0.1) is 27.7 Å². The number of nitrogens with one attached hydrogen (secondary N) is 1. The summed E-state index contributed by atoms with van der Waals surface area (Å²) < 4.78 is 28.9. The summed E-state index contributed by atoms with van der Waals surface area (Å²) in [5, 5.41) is 7.40. The van der Waals surface area contributed by atoms with Gasteiger partial charge in [0, 0.05) is 34.1 Å². The Morgan fingerprint density at radius 1 is 1.07 bits per heavy atom. The first kappa shape index (κ1) is 18.4. The van der Waals surface area contributed by atoms with Crippen LogP contribution in [0.5, 0.6) is 0 Å². The van der Waals surface area contributed by atoms with Gasteiger partial charge >= 0.3 is 0 Å². The molecule has 0 spiro atoms. The van der Waals surface area contributed by atoms with Gasteiger partial charge in [0.1, 0.15) is 4.90 Å². The van der Waals surface area contributed by atoms with E-state index in [4.69, 9.17) is 0 Å². The molecule has 1 aromatic carbocycles. The molecule has 0 atom stereocenters. The third kappa shape index (κ3) is 2.94. The molecular weight excluding hydrogens is 378 g/mol. The second-order valence-electron chi connectivity index (χ2n) is 7.10. The monoisotopic (exact) mass is 401 g/mol. The summed E-state index contributed by atoms with van der Waals surface area (Å²) >= 11 is 1.53. The lowest BCUT2D eigenvalue weighted by Gasteiger charge is -2.28.